The monoisotopic (exact) mass is 536 g/mol. The van der Waals surface area contributed by atoms with Gasteiger partial charge in [-0.25, -0.2) is 9.78 Å². The van der Waals surface area contributed by atoms with Crippen molar-refractivity contribution in [3.63, 3.8) is 0 Å². The van der Waals surface area contributed by atoms with Crippen LogP contribution >= 0.6 is 0 Å². The summed E-state index contributed by atoms with van der Waals surface area (Å²) in [6.45, 7) is 4.26. The molecule has 1 aliphatic carbocycles. The molecule has 0 bridgehead atoms. The number of imidazole rings is 1. The number of carboxylic acid groups (broad SMARTS) is 1. The summed E-state index contributed by atoms with van der Waals surface area (Å²) >= 11 is 0. The molecule has 1 N–H and O–H groups in total. The van der Waals surface area contributed by atoms with Gasteiger partial charge in [-0.05, 0) is 93.1 Å². The molecule has 7 nitrogen and oxygen atoms in total. The highest BCUT2D eigenvalue weighted by atomic mass is 16.5. The maximum Gasteiger partial charge on any atom is 0.335 e. The number of carboxylic acids is 1. The Kier molecular flexibility index (Phi) is 6.86. The lowest BCUT2D eigenvalue weighted by Crippen LogP contribution is -2.35. The summed E-state index contributed by atoms with van der Waals surface area (Å²) in [6.07, 6.45) is 6.77. The minimum Gasteiger partial charge on any atom is -0.478 e. The molecule has 0 saturated carbocycles. The van der Waals surface area contributed by atoms with Gasteiger partial charge in [0.1, 0.15) is 5.82 Å². The number of rotatable bonds is 7. The molecule has 1 unspecified atom stereocenters. The van der Waals surface area contributed by atoms with E-state index in [4.69, 9.17) is 14.7 Å². The SMILES string of the molecule is O=C(O)c1ccc2nc(CN3CCC(c4cccc(C5CCc6ccccc6C5)n4)CC3)n(C[C@@H]3CCO3)c2c1. The third-order valence-corrected chi connectivity index (χ3v) is 9.18. The molecule has 0 amide bonds. The molecule has 0 spiro atoms. The van der Waals surface area contributed by atoms with Crippen LogP contribution in [0.3, 0.4) is 0 Å². The summed E-state index contributed by atoms with van der Waals surface area (Å²) in [4.78, 5) is 24.2. The molecular weight excluding hydrogens is 500 g/mol. The molecule has 2 fully saturated rings. The zero-order valence-electron chi connectivity index (χ0n) is 22.8. The third-order valence-electron chi connectivity index (χ3n) is 9.18. The summed E-state index contributed by atoms with van der Waals surface area (Å²) in [5, 5.41) is 9.52. The lowest BCUT2D eigenvalue weighted by atomic mass is 9.82. The van der Waals surface area contributed by atoms with Crippen LogP contribution < -0.4 is 0 Å². The normalized spacial score (nSPS) is 21.7. The van der Waals surface area contributed by atoms with Gasteiger partial charge in [0.2, 0.25) is 0 Å². The number of likely N-dealkylation sites (tertiary alicyclic amines) is 1. The Morgan fingerprint density at radius 1 is 0.900 bits per heavy atom. The first-order valence-electron chi connectivity index (χ1n) is 14.7. The average Bonchev–Trinajstić information content (AvgIpc) is 3.31. The second-order valence-corrected chi connectivity index (χ2v) is 11.7. The van der Waals surface area contributed by atoms with Gasteiger partial charge in [-0.2, -0.15) is 0 Å². The maximum absolute atomic E-state index is 11.6. The van der Waals surface area contributed by atoms with Crippen LogP contribution in [0.2, 0.25) is 0 Å². The number of hydrogen-bond donors (Lipinski definition) is 1. The van der Waals surface area contributed by atoms with Gasteiger partial charge >= 0.3 is 5.97 Å². The number of pyridine rings is 1. The van der Waals surface area contributed by atoms with Crippen LogP contribution in [0, 0.1) is 0 Å². The number of aromatic carboxylic acids is 1. The zero-order chi connectivity index (χ0) is 27.1. The van der Waals surface area contributed by atoms with E-state index >= 15 is 0 Å². The van der Waals surface area contributed by atoms with Crippen LogP contribution in [-0.2, 0) is 30.7 Å². The lowest BCUT2D eigenvalue weighted by molar-refractivity contribution is -0.0592. The average molecular weight is 537 g/mol. The number of benzene rings is 2. The minimum atomic E-state index is -0.913. The summed E-state index contributed by atoms with van der Waals surface area (Å²) in [5.41, 5.74) is 7.50. The van der Waals surface area contributed by atoms with E-state index in [1.165, 1.54) is 28.9 Å². The molecular formula is C33H36N4O3. The fourth-order valence-electron chi connectivity index (χ4n) is 6.72. The Balaban J connectivity index is 1.04. The molecule has 0 radical (unpaired) electrons. The van der Waals surface area contributed by atoms with Gasteiger partial charge in [0.25, 0.3) is 0 Å². The highest BCUT2D eigenvalue weighted by molar-refractivity contribution is 5.92. The number of carbonyl (C=O) groups is 1. The van der Waals surface area contributed by atoms with E-state index in [2.05, 4.69) is 51.9 Å². The van der Waals surface area contributed by atoms with Crippen molar-refractivity contribution in [1.82, 2.24) is 19.4 Å². The predicted molar refractivity (Wildman–Crippen MR) is 154 cm³/mol. The van der Waals surface area contributed by atoms with Crippen molar-refractivity contribution < 1.29 is 14.6 Å². The molecule has 2 saturated heterocycles. The molecule has 40 heavy (non-hydrogen) atoms. The predicted octanol–water partition coefficient (Wildman–Crippen LogP) is 5.57. The quantitative estimate of drug-likeness (QED) is 0.333. The number of fused-ring (bicyclic) bond motifs is 2. The molecule has 206 valence electrons. The molecule has 7 rings (SSSR count). The van der Waals surface area contributed by atoms with Crippen LogP contribution in [0.4, 0.5) is 0 Å². The Morgan fingerprint density at radius 2 is 1.68 bits per heavy atom. The van der Waals surface area contributed by atoms with Crippen LogP contribution in [0.25, 0.3) is 11.0 Å². The van der Waals surface area contributed by atoms with Gasteiger partial charge < -0.3 is 14.4 Å². The number of piperidine rings is 1. The second kappa shape index (κ2) is 10.8. The lowest BCUT2D eigenvalue weighted by Gasteiger charge is -2.32. The summed E-state index contributed by atoms with van der Waals surface area (Å²) in [5.74, 6) is 1.06. The number of aryl methyl sites for hydroxylation is 1. The highest BCUT2D eigenvalue weighted by Gasteiger charge is 2.27. The standard InChI is InChI=1S/C33H36N4O3/c38-33(39)26-10-11-30-31(19-26)37(20-27-14-17-40-27)32(35-30)21-36-15-12-23(13-16-36)28-6-3-7-29(34-28)25-9-8-22-4-1-2-5-24(22)18-25/h1-7,10-11,19,23,25,27H,8-9,12-18,20-21H2,(H,38,39)/t25?,27-/m0/s1. The van der Waals surface area contributed by atoms with E-state index in [0.29, 0.717) is 23.9 Å². The molecule has 4 aromatic rings. The number of aromatic nitrogens is 3. The van der Waals surface area contributed by atoms with E-state index < -0.39 is 5.97 Å². The molecule has 2 atom stereocenters. The largest absolute Gasteiger partial charge is 0.478 e. The van der Waals surface area contributed by atoms with Gasteiger partial charge in [-0.3, -0.25) is 9.88 Å². The molecule has 3 aliphatic rings. The summed E-state index contributed by atoms with van der Waals surface area (Å²) in [6, 6.07) is 20.7. The Bertz CT molecular complexity index is 1530. The van der Waals surface area contributed by atoms with Crippen molar-refractivity contribution in [3.05, 3.63) is 94.6 Å². The Labute approximate surface area is 234 Å². The Morgan fingerprint density at radius 3 is 2.42 bits per heavy atom. The number of hydrogen-bond acceptors (Lipinski definition) is 5. The van der Waals surface area contributed by atoms with Gasteiger partial charge in [-0.15, -0.1) is 0 Å². The molecule has 7 heteroatoms. The highest BCUT2D eigenvalue weighted by Crippen LogP contribution is 2.34. The smallest absolute Gasteiger partial charge is 0.335 e. The third kappa shape index (κ3) is 5.04. The van der Waals surface area contributed by atoms with E-state index in [1.54, 1.807) is 12.1 Å². The van der Waals surface area contributed by atoms with Gasteiger partial charge in [0.05, 0.1) is 35.8 Å². The molecule has 4 heterocycles. The summed E-state index contributed by atoms with van der Waals surface area (Å²) < 4.78 is 7.91. The topological polar surface area (TPSA) is 80.5 Å². The fraction of sp³-hybridized carbons (Fsp3) is 0.424. The van der Waals surface area contributed by atoms with E-state index in [9.17, 15) is 9.90 Å². The van der Waals surface area contributed by atoms with Crippen molar-refractivity contribution in [2.75, 3.05) is 19.7 Å². The van der Waals surface area contributed by atoms with E-state index in [1.807, 2.05) is 6.07 Å². The fourth-order valence-corrected chi connectivity index (χ4v) is 6.72. The Hall–Kier alpha value is -3.55. The number of nitrogens with zero attached hydrogens (tertiary/aromatic N) is 4. The van der Waals surface area contributed by atoms with Gasteiger partial charge in [-0.1, -0.05) is 30.3 Å². The number of ether oxygens (including phenoxy) is 1. The van der Waals surface area contributed by atoms with Crippen molar-refractivity contribution in [2.24, 2.45) is 0 Å². The first kappa shape index (κ1) is 25.4. The maximum atomic E-state index is 11.6. The van der Waals surface area contributed by atoms with Crippen LogP contribution in [0.15, 0.2) is 60.7 Å². The van der Waals surface area contributed by atoms with Crippen LogP contribution in [-0.4, -0.2) is 56.3 Å². The molecule has 2 aromatic carbocycles. The second-order valence-electron chi connectivity index (χ2n) is 11.7. The van der Waals surface area contributed by atoms with Crippen molar-refractivity contribution in [3.8, 4) is 0 Å². The van der Waals surface area contributed by atoms with Crippen LogP contribution in [0.1, 0.15) is 76.2 Å². The van der Waals surface area contributed by atoms with Crippen molar-refractivity contribution in [2.45, 2.75) is 69.6 Å². The van der Waals surface area contributed by atoms with Crippen molar-refractivity contribution >= 4 is 17.0 Å². The first-order valence-corrected chi connectivity index (χ1v) is 14.7. The molecule has 2 aromatic heterocycles. The van der Waals surface area contributed by atoms with Crippen LogP contribution in [0.5, 0.6) is 0 Å². The summed E-state index contributed by atoms with van der Waals surface area (Å²) in [7, 11) is 0. The van der Waals surface area contributed by atoms with Gasteiger partial charge in [0, 0.05) is 29.8 Å². The zero-order valence-corrected chi connectivity index (χ0v) is 22.8. The minimum absolute atomic E-state index is 0.173. The first-order chi connectivity index (χ1) is 19.6. The van der Waals surface area contributed by atoms with Crippen molar-refractivity contribution in [1.29, 1.82) is 0 Å². The van der Waals surface area contributed by atoms with Gasteiger partial charge in [0.15, 0.2) is 0 Å². The van der Waals surface area contributed by atoms with E-state index in [0.717, 1.165) is 75.2 Å². The van der Waals surface area contributed by atoms with E-state index in [-0.39, 0.29) is 6.10 Å². The molecule has 2 aliphatic heterocycles.